The molecule has 1 N–H and O–H groups in total. The second-order valence-electron chi connectivity index (χ2n) is 8.70. The van der Waals surface area contributed by atoms with Gasteiger partial charge in [0.05, 0.1) is 6.10 Å². The number of aliphatic hydroxyl groups is 1. The molecular weight excluding hydrogens is 514 g/mol. The highest BCUT2D eigenvalue weighted by Gasteiger charge is 2.80. The molecule has 1 fully saturated rings. The molecule has 0 amide bonds. The SMILES string of the molecule is CC(CC(O)(C(F)(F)F)C(F)(F)C(F)(F)F)CC(OC1CC2C=CC1C2)(C(F)(F)F)C(F)(F)F. The Morgan fingerprint density at radius 2 is 1.24 bits per heavy atom. The predicted octanol–water partition coefficient (Wildman–Crippen LogP) is 6.74. The monoisotopic (exact) mass is 532 g/mol. The molecule has 2 rings (SSSR count). The third-order valence-corrected chi connectivity index (χ3v) is 6.11. The second-order valence-corrected chi connectivity index (χ2v) is 8.70. The maximum Gasteiger partial charge on any atom is 0.456 e. The van der Waals surface area contributed by atoms with E-state index in [9.17, 15) is 66.6 Å². The van der Waals surface area contributed by atoms with Gasteiger partial charge in [0, 0.05) is 5.92 Å². The Labute approximate surface area is 182 Å². The molecule has 2 nitrogen and oxygen atoms in total. The van der Waals surface area contributed by atoms with Gasteiger partial charge in [-0.25, -0.2) is 0 Å². The number of fused-ring (bicyclic) bond motifs is 2. The molecule has 1 saturated carbocycles. The van der Waals surface area contributed by atoms with Crippen LogP contribution in [0, 0.1) is 17.8 Å². The van der Waals surface area contributed by atoms with Crippen LogP contribution < -0.4 is 0 Å². The Balaban J connectivity index is 2.46. The van der Waals surface area contributed by atoms with Crippen molar-refractivity contribution < 1.29 is 71.3 Å². The summed E-state index contributed by atoms with van der Waals surface area (Å²) in [5, 5.41) is 9.35. The van der Waals surface area contributed by atoms with Crippen LogP contribution in [0.4, 0.5) is 61.5 Å². The molecule has 0 heterocycles. The van der Waals surface area contributed by atoms with E-state index < -0.39 is 78.5 Å². The summed E-state index contributed by atoms with van der Waals surface area (Å²) in [6.45, 7) is 0.152. The van der Waals surface area contributed by atoms with Gasteiger partial charge in [-0.15, -0.1) is 0 Å². The lowest BCUT2D eigenvalue weighted by atomic mass is 9.79. The third-order valence-electron chi connectivity index (χ3n) is 6.11. The fourth-order valence-electron chi connectivity index (χ4n) is 4.42. The van der Waals surface area contributed by atoms with Gasteiger partial charge in [0.2, 0.25) is 5.60 Å². The summed E-state index contributed by atoms with van der Waals surface area (Å²) in [4.78, 5) is 0. The molecule has 0 saturated heterocycles. The quantitative estimate of drug-likeness (QED) is 0.291. The maximum atomic E-state index is 13.7. The van der Waals surface area contributed by atoms with Crippen LogP contribution in [0.2, 0.25) is 0 Å². The smallest absolute Gasteiger partial charge is 0.376 e. The lowest BCUT2D eigenvalue weighted by molar-refractivity contribution is -0.411. The van der Waals surface area contributed by atoms with Crippen LogP contribution in [-0.2, 0) is 4.74 Å². The van der Waals surface area contributed by atoms with Gasteiger partial charge >= 0.3 is 30.6 Å². The van der Waals surface area contributed by atoms with Crippen LogP contribution in [-0.4, -0.2) is 53.0 Å². The summed E-state index contributed by atoms with van der Waals surface area (Å²) in [6, 6.07) is 0. The molecule has 200 valence electrons. The topological polar surface area (TPSA) is 29.5 Å². The zero-order valence-corrected chi connectivity index (χ0v) is 16.9. The predicted molar refractivity (Wildman–Crippen MR) is 85.5 cm³/mol. The van der Waals surface area contributed by atoms with Crippen LogP contribution >= 0.6 is 0 Å². The van der Waals surface area contributed by atoms with E-state index in [0.29, 0.717) is 0 Å². The first-order valence-electron chi connectivity index (χ1n) is 9.63. The van der Waals surface area contributed by atoms with E-state index in [2.05, 4.69) is 4.74 Å². The van der Waals surface area contributed by atoms with Crippen LogP contribution in [0.3, 0.4) is 0 Å². The van der Waals surface area contributed by atoms with Gasteiger partial charge in [-0.05, 0) is 37.5 Å². The first kappa shape index (κ1) is 28.9. The van der Waals surface area contributed by atoms with Gasteiger partial charge in [-0.1, -0.05) is 19.1 Å². The molecule has 2 aliphatic rings. The fraction of sp³-hybridized carbons (Fsp3) is 0.889. The van der Waals surface area contributed by atoms with Crippen molar-refractivity contribution in [3.63, 3.8) is 0 Å². The van der Waals surface area contributed by atoms with Crippen molar-refractivity contribution in [2.75, 3.05) is 0 Å². The van der Waals surface area contributed by atoms with Crippen molar-refractivity contribution in [1.82, 2.24) is 0 Å². The second kappa shape index (κ2) is 8.37. The van der Waals surface area contributed by atoms with Crippen LogP contribution in [0.5, 0.6) is 0 Å². The molecule has 16 heteroatoms. The highest BCUT2D eigenvalue weighted by atomic mass is 19.4. The van der Waals surface area contributed by atoms with Crippen molar-refractivity contribution in [1.29, 1.82) is 0 Å². The van der Waals surface area contributed by atoms with Crippen molar-refractivity contribution in [2.45, 2.75) is 80.5 Å². The Bertz CT molecular complexity index is 749. The average Bonchev–Trinajstić information content (AvgIpc) is 3.19. The van der Waals surface area contributed by atoms with Crippen LogP contribution in [0.1, 0.15) is 32.6 Å². The first-order valence-corrected chi connectivity index (χ1v) is 9.63. The average molecular weight is 532 g/mol. The Hall–Kier alpha value is -1.32. The summed E-state index contributed by atoms with van der Waals surface area (Å²) in [5.41, 5.74) is -11.2. The minimum absolute atomic E-state index is 0.150. The number of rotatable bonds is 7. The Morgan fingerprint density at radius 1 is 0.735 bits per heavy atom. The van der Waals surface area contributed by atoms with E-state index in [0.717, 1.165) is 0 Å². The van der Waals surface area contributed by atoms with Crippen molar-refractivity contribution in [2.24, 2.45) is 17.8 Å². The van der Waals surface area contributed by atoms with Crippen molar-refractivity contribution >= 4 is 0 Å². The summed E-state index contributed by atoms with van der Waals surface area (Å²) in [7, 11) is 0. The number of hydrogen-bond donors (Lipinski definition) is 1. The van der Waals surface area contributed by atoms with Crippen molar-refractivity contribution in [3.05, 3.63) is 12.2 Å². The molecule has 5 atom stereocenters. The van der Waals surface area contributed by atoms with E-state index in [4.69, 9.17) is 0 Å². The molecule has 0 spiro atoms. The fourth-order valence-corrected chi connectivity index (χ4v) is 4.42. The largest absolute Gasteiger partial charge is 0.456 e. The van der Waals surface area contributed by atoms with Crippen molar-refractivity contribution in [3.8, 4) is 0 Å². The van der Waals surface area contributed by atoms with E-state index in [1.54, 1.807) is 0 Å². The van der Waals surface area contributed by atoms with Crippen LogP contribution in [0.25, 0.3) is 0 Å². The molecular formula is C18H18F14O2. The van der Waals surface area contributed by atoms with E-state index in [1.165, 1.54) is 12.2 Å². The molecule has 34 heavy (non-hydrogen) atoms. The molecule has 5 unspecified atom stereocenters. The number of hydrogen-bond acceptors (Lipinski definition) is 2. The molecule has 0 aliphatic heterocycles. The Morgan fingerprint density at radius 3 is 1.56 bits per heavy atom. The lowest BCUT2D eigenvalue weighted by Crippen LogP contribution is -2.66. The minimum Gasteiger partial charge on any atom is -0.376 e. The molecule has 0 aromatic carbocycles. The van der Waals surface area contributed by atoms with Gasteiger partial charge in [0.15, 0.2) is 0 Å². The van der Waals surface area contributed by atoms with E-state index >= 15 is 0 Å². The molecule has 0 radical (unpaired) electrons. The van der Waals surface area contributed by atoms with Gasteiger partial charge in [-0.3, -0.25) is 0 Å². The normalized spacial score (nSPS) is 27.2. The summed E-state index contributed by atoms with van der Waals surface area (Å²) in [6.07, 6.45) is -30.8. The standard InChI is InChI=1S/C18H18F14O2/c1-8(6-12(33,15(21,22)23)14(19,20)18(30,31)32)7-13(16(24,25)26,17(27,28)29)34-11-5-9-2-3-10(11)4-9/h2-3,8-11,33H,4-7H2,1H3. The van der Waals surface area contributed by atoms with E-state index in [-0.39, 0.29) is 19.8 Å². The van der Waals surface area contributed by atoms with Gasteiger partial charge in [-0.2, -0.15) is 61.5 Å². The highest BCUT2D eigenvalue weighted by molar-refractivity contribution is 5.13. The summed E-state index contributed by atoms with van der Waals surface area (Å²) < 4.78 is 191. The molecule has 2 bridgehead atoms. The Kier molecular flexibility index (Phi) is 7.12. The number of alkyl halides is 14. The molecule has 0 aromatic heterocycles. The zero-order chi connectivity index (χ0) is 26.8. The molecule has 2 aliphatic carbocycles. The lowest BCUT2D eigenvalue weighted by Gasteiger charge is -2.43. The first-order chi connectivity index (χ1) is 14.9. The number of allylic oxidation sites excluding steroid dienone is 1. The highest BCUT2D eigenvalue weighted by Crippen LogP contribution is 2.57. The van der Waals surface area contributed by atoms with Crippen LogP contribution in [0.15, 0.2) is 12.2 Å². The minimum atomic E-state index is -7.02. The van der Waals surface area contributed by atoms with Gasteiger partial charge in [0.1, 0.15) is 0 Å². The van der Waals surface area contributed by atoms with E-state index in [1.807, 2.05) is 0 Å². The number of ether oxygens (including phenoxy) is 1. The zero-order valence-electron chi connectivity index (χ0n) is 16.9. The van der Waals surface area contributed by atoms with Gasteiger partial charge in [0.25, 0.3) is 5.60 Å². The maximum absolute atomic E-state index is 13.7. The summed E-state index contributed by atoms with van der Waals surface area (Å²) in [5.74, 6) is -11.1. The number of halogens is 14. The summed E-state index contributed by atoms with van der Waals surface area (Å²) >= 11 is 0. The molecule has 0 aromatic rings. The third kappa shape index (κ3) is 4.72. The van der Waals surface area contributed by atoms with Gasteiger partial charge < -0.3 is 9.84 Å².